The number of amides is 2. The molecule has 1 fully saturated rings. The van der Waals surface area contributed by atoms with E-state index < -0.39 is 11.6 Å². The van der Waals surface area contributed by atoms with Crippen LogP contribution < -0.4 is 11.1 Å². The quantitative estimate of drug-likeness (QED) is 0.875. The Labute approximate surface area is 110 Å². The highest BCUT2D eigenvalue weighted by Crippen LogP contribution is 2.12. The summed E-state index contributed by atoms with van der Waals surface area (Å²) in [5, 5.41) is 3.28. The summed E-state index contributed by atoms with van der Waals surface area (Å²) in [6.07, 6.45) is 1.62. The number of carbonyl (C=O) groups excluding carboxylic acids is 1. The number of hydrogen-bond donors (Lipinski definition) is 2. The third-order valence-corrected chi connectivity index (χ3v) is 3.39. The normalized spacial score (nSPS) is 16.6. The Morgan fingerprint density at radius 1 is 1.32 bits per heavy atom. The lowest BCUT2D eigenvalue weighted by atomic mass is 10.0. The lowest BCUT2D eigenvalue weighted by Gasteiger charge is -2.31. The van der Waals surface area contributed by atoms with Crippen LogP contribution in [0.5, 0.6) is 0 Å². The first-order valence-corrected chi connectivity index (χ1v) is 6.28. The molecule has 1 aromatic carbocycles. The fourth-order valence-corrected chi connectivity index (χ4v) is 2.22. The largest absolute Gasteiger partial charge is 0.351 e. The van der Waals surface area contributed by atoms with Crippen molar-refractivity contribution in [3.8, 4) is 0 Å². The van der Waals surface area contributed by atoms with E-state index in [-0.39, 0.29) is 12.1 Å². The molecule has 0 atom stereocenters. The molecule has 2 amide bonds. The predicted molar refractivity (Wildman–Crippen MR) is 67.4 cm³/mol. The van der Waals surface area contributed by atoms with Crippen molar-refractivity contribution >= 4 is 6.03 Å². The van der Waals surface area contributed by atoms with Gasteiger partial charge >= 0.3 is 6.03 Å². The molecule has 0 spiro atoms. The summed E-state index contributed by atoms with van der Waals surface area (Å²) in [5.41, 5.74) is 5.90. The van der Waals surface area contributed by atoms with Gasteiger partial charge in [0.25, 0.3) is 0 Å². The summed E-state index contributed by atoms with van der Waals surface area (Å²) >= 11 is 0. The Kier molecular flexibility index (Phi) is 4.31. The number of halogens is 2. The number of nitrogens with one attached hydrogen (secondary N) is 1. The third kappa shape index (κ3) is 3.64. The average molecular weight is 269 g/mol. The van der Waals surface area contributed by atoms with E-state index >= 15 is 0 Å². The maximum Gasteiger partial charge on any atom is 0.314 e. The highest BCUT2D eigenvalue weighted by molar-refractivity contribution is 5.72. The zero-order valence-electron chi connectivity index (χ0n) is 10.5. The molecule has 1 aromatic rings. The molecule has 0 radical (unpaired) electrons. The van der Waals surface area contributed by atoms with Crippen molar-refractivity contribution in [1.29, 1.82) is 0 Å². The topological polar surface area (TPSA) is 58.4 Å². The molecule has 3 N–H and O–H groups in total. The predicted octanol–water partition coefficient (Wildman–Crippen LogP) is 1.60. The lowest BCUT2D eigenvalue weighted by Crippen LogP contribution is -2.46. The van der Waals surface area contributed by atoms with Crippen LogP contribution in [0.15, 0.2) is 18.2 Å². The van der Waals surface area contributed by atoms with Gasteiger partial charge in [0.05, 0.1) is 0 Å². The van der Waals surface area contributed by atoms with Gasteiger partial charge in [-0.1, -0.05) is 6.07 Å². The van der Waals surface area contributed by atoms with Gasteiger partial charge in [-0.05, 0) is 30.5 Å². The molecule has 0 unspecified atom stereocenters. The maximum atomic E-state index is 13.0. The summed E-state index contributed by atoms with van der Waals surface area (Å²) in [6, 6.07) is 3.76. The van der Waals surface area contributed by atoms with Gasteiger partial charge in [-0.3, -0.25) is 0 Å². The second kappa shape index (κ2) is 5.97. The summed E-state index contributed by atoms with van der Waals surface area (Å²) in [7, 11) is 0. The summed E-state index contributed by atoms with van der Waals surface area (Å²) in [6.45, 7) is 1.74. The Morgan fingerprint density at radius 3 is 2.58 bits per heavy atom. The first-order valence-electron chi connectivity index (χ1n) is 6.28. The van der Waals surface area contributed by atoms with Crippen molar-refractivity contribution in [3.63, 3.8) is 0 Å². The van der Waals surface area contributed by atoms with E-state index in [9.17, 15) is 13.6 Å². The van der Waals surface area contributed by atoms with Gasteiger partial charge in [0.1, 0.15) is 0 Å². The summed E-state index contributed by atoms with van der Waals surface area (Å²) in [4.78, 5) is 12.6. The van der Waals surface area contributed by atoms with Gasteiger partial charge in [0.2, 0.25) is 0 Å². The second-order valence-corrected chi connectivity index (χ2v) is 4.73. The van der Waals surface area contributed by atoms with E-state index in [1.807, 2.05) is 0 Å². The maximum absolute atomic E-state index is 13.0. The van der Waals surface area contributed by atoms with E-state index in [0.29, 0.717) is 25.2 Å². The van der Waals surface area contributed by atoms with E-state index in [4.69, 9.17) is 5.73 Å². The van der Waals surface area contributed by atoms with Gasteiger partial charge in [-0.15, -0.1) is 0 Å². The minimum absolute atomic E-state index is 0.267. The zero-order valence-corrected chi connectivity index (χ0v) is 10.5. The van der Waals surface area contributed by atoms with Crippen molar-refractivity contribution < 1.29 is 13.6 Å². The number of nitrogens with zero attached hydrogens (tertiary/aromatic N) is 1. The van der Waals surface area contributed by atoms with Crippen LogP contribution in [-0.2, 0) is 6.54 Å². The molecular formula is C13H17F2N3O. The number of hydrogen-bond acceptors (Lipinski definition) is 2. The number of benzene rings is 1. The number of piperidine rings is 1. The summed E-state index contributed by atoms with van der Waals surface area (Å²) in [5.74, 6) is -1.67. The fourth-order valence-electron chi connectivity index (χ4n) is 2.22. The number of rotatable bonds is 3. The van der Waals surface area contributed by atoms with Crippen LogP contribution in [-0.4, -0.2) is 30.1 Å². The second-order valence-electron chi connectivity index (χ2n) is 4.73. The van der Waals surface area contributed by atoms with Crippen molar-refractivity contribution in [2.45, 2.75) is 25.4 Å². The van der Waals surface area contributed by atoms with Gasteiger partial charge in [0, 0.05) is 25.7 Å². The molecule has 1 aliphatic rings. The lowest BCUT2D eigenvalue weighted by molar-refractivity contribution is 0.185. The summed E-state index contributed by atoms with van der Waals surface area (Å²) < 4.78 is 25.8. The van der Waals surface area contributed by atoms with Crippen LogP contribution in [0.4, 0.5) is 13.6 Å². The van der Waals surface area contributed by atoms with Crippen LogP contribution >= 0.6 is 0 Å². The molecule has 0 aliphatic carbocycles. The SMILES string of the molecule is NC(=O)N1CCC(NCc2ccc(F)c(F)c2)CC1. The number of likely N-dealkylation sites (tertiary alicyclic amines) is 1. The van der Waals surface area contributed by atoms with Gasteiger partial charge in [0.15, 0.2) is 11.6 Å². The highest BCUT2D eigenvalue weighted by Gasteiger charge is 2.20. The third-order valence-electron chi connectivity index (χ3n) is 3.39. The molecule has 19 heavy (non-hydrogen) atoms. The van der Waals surface area contributed by atoms with Crippen LogP contribution in [0, 0.1) is 11.6 Å². The minimum Gasteiger partial charge on any atom is -0.351 e. The molecule has 1 saturated heterocycles. The molecular weight excluding hydrogens is 252 g/mol. The smallest absolute Gasteiger partial charge is 0.314 e. The molecule has 1 aliphatic heterocycles. The molecule has 4 nitrogen and oxygen atoms in total. The van der Waals surface area contributed by atoms with Crippen LogP contribution in [0.25, 0.3) is 0 Å². The van der Waals surface area contributed by atoms with Crippen LogP contribution in [0.1, 0.15) is 18.4 Å². The number of urea groups is 1. The van der Waals surface area contributed by atoms with Crippen molar-refractivity contribution in [1.82, 2.24) is 10.2 Å². The zero-order chi connectivity index (χ0) is 13.8. The monoisotopic (exact) mass is 269 g/mol. The minimum atomic E-state index is -0.835. The molecule has 1 heterocycles. The van der Waals surface area contributed by atoms with Gasteiger partial charge in [-0.2, -0.15) is 0 Å². The Hall–Kier alpha value is -1.69. The first-order chi connectivity index (χ1) is 9.06. The number of carbonyl (C=O) groups is 1. The van der Waals surface area contributed by atoms with Crippen molar-refractivity contribution in [2.24, 2.45) is 5.73 Å². The van der Waals surface area contributed by atoms with Gasteiger partial charge < -0.3 is 16.0 Å². The average Bonchev–Trinajstić information content (AvgIpc) is 2.40. The van der Waals surface area contributed by atoms with Gasteiger partial charge in [-0.25, -0.2) is 13.6 Å². The molecule has 0 bridgehead atoms. The molecule has 0 aromatic heterocycles. The molecule has 2 rings (SSSR count). The first kappa shape index (κ1) is 13.7. The van der Waals surface area contributed by atoms with E-state index in [0.717, 1.165) is 18.9 Å². The van der Waals surface area contributed by atoms with Crippen LogP contribution in [0.3, 0.4) is 0 Å². The Bertz CT molecular complexity index is 459. The fraction of sp³-hybridized carbons (Fsp3) is 0.462. The van der Waals surface area contributed by atoms with Crippen molar-refractivity contribution in [2.75, 3.05) is 13.1 Å². The Morgan fingerprint density at radius 2 is 2.00 bits per heavy atom. The van der Waals surface area contributed by atoms with E-state index in [2.05, 4.69) is 5.32 Å². The standard InChI is InChI=1S/C13H17F2N3O/c14-11-2-1-9(7-12(11)15)8-17-10-3-5-18(6-4-10)13(16)19/h1-2,7,10,17H,3-6,8H2,(H2,16,19). The highest BCUT2D eigenvalue weighted by atomic mass is 19.2. The Balaban J connectivity index is 1.80. The number of nitrogens with two attached hydrogens (primary N) is 1. The molecule has 104 valence electrons. The molecule has 0 saturated carbocycles. The van der Waals surface area contributed by atoms with Crippen LogP contribution in [0.2, 0.25) is 0 Å². The molecule has 6 heteroatoms. The van der Waals surface area contributed by atoms with E-state index in [1.54, 1.807) is 11.0 Å². The van der Waals surface area contributed by atoms with E-state index in [1.165, 1.54) is 6.07 Å². The number of primary amides is 1. The van der Waals surface area contributed by atoms with Crippen molar-refractivity contribution in [3.05, 3.63) is 35.4 Å².